The summed E-state index contributed by atoms with van der Waals surface area (Å²) in [6.07, 6.45) is 0. The van der Waals surface area contributed by atoms with Crippen molar-refractivity contribution < 1.29 is 4.92 Å². The largest absolute Gasteiger partial charge is 0.397 e. The lowest BCUT2D eigenvalue weighted by Crippen LogP contribution is -1.92. The number of nitrogen functional groups attached to an aromatic ring is 1. The van der Waals surface area contributed by atoms with E-state index >= 15 is 0 Å². The molecule has 0 unspecified atom stereocenters. The van der Waals surface area contributed by atoms with Gasteiger partial charge < -0.3 is 5.73 Å². The van der Waals surface area contributed by atoms with Crippen molar-refractivity contribution in [2.45, 2.75) is 0 Å². The molecule has 90 valence electrons. The third-order valence-electron chi connectivity index (χ3n) is 2.26. The van der Waals surface area contributed by atoms with Gasteiger partial charge in [-0.2, -0.15) is 5.11 Å². The molecule has 0 radical (unpaired) electrons. The van der Waals surface area contributed by atoms with Gasteiger partial charge in [0.1, 0.15) is 0 Å². The van der Waals surface area contributed by atoms with Crippen LogP contribution in [0.2, 0.25) is 0 Å². The third-order valence-corrected chi connectivity index (χ3v) is 2.26. The number of hydrogen-bond acceptors (Lipinski definition) is 5. The Bertz CT molecular complexity index is 596. The van der Waals surface area contributed by atoms with Crippen molar-refractivity contribution in [2.75, 3.05) is 5.73 Å². The average molecular weight is 242 g/mol. The van der Waals surface area contributed by atoms with Crippen molar-refractivity contribution in [1.82, 2.24) is 0 Å². The Morgan fingerprint density at radius 2 is 1.72 bits per heavy atom. The fourth-order valence-corrected chi connectivity index (χ4v) is 1.41. The summed E-state index contributed by atoms with van der Waals surface area (Å²) in [4.78, 5) is 10.3. The Kier molecular flexibility index (Phi) is 3.29. The van der Waals surface area contributed by atoms with Crippen LogP contribution in [0.25, 0.3) is 0 Å². The summed E-state index contributed by atoms with van der Waals surface area (Å²) >= 11 is 0. The lowest BCUT2D eigenvalue weighted by atomic mass is 10.2. The van der Waals surface area contributed by atoms with Crippen LogP contribution in [-0.2, 0) is 0 Å². The minimum absolute atomic E-state index is 0.0753. The van der Waals surface area contributed by atoms with E-state index in [9.17, 15) is 10.1 Å². The number of azo groups is 1. The first kappa shape index (κ1) is 11.7. The molecule has 0 fully saturated rings. The Morgan fingerprint density at radius 3 is 2.39 bits per heavy atom. The zero-order chi connectivity index (χ0) is 13.0. The number of hydrogen-bond donors (Lipinski definition) is 1. The molecule has 0 aliphatic heterocycles. The Balaban J connectivity index is 2.40. The highest BCUT2D eigenvalue weighted by atomic mass is 16.6. The van der Waals surface area contributed by atoms with E-state index in [1.54, 1.807) is 30.3 Å². The minimum Gasteiger partial charge on any atom is -0.397 e. The lowest BCUT2D eigenvalue weighted by molar-refractivity contribution is -0.384. The molecule has 6 heteroatoms. The number of benzene rings is 2. The normalized spacial score (nSPS) is 10.7. The first-order valence-corrected chi connectivity index (χ1v) is 5.18. The van der Waals surface area contributed by atoms with Crippen LogP contribution in [0, 0.1) is 10.1 Å². The van der Waals surface area contributed by atoms with Gasteiger partial charge in [-0.15, -0.1) is 5.11 Å². The molecular formula is C12H10N4O2. The average Bonchev–Trinajstić information content (AvgIpc) is 2.38. The van der Waals surface area contributed by atoms with Crippen LogP contribution < -0.4 is 5.73 Å². The van der Waals surface area contributed by atoms with Gasteiger partial charge in [0.05, 0.1) is 16.3 Å². The summed E-state index contributed by atoms with van der Waals surface area (Å²) < 4.78 is 0. The topological polar surface area (TPSA) is 93.9 Å². The molecule has 0 heterocycles. The molecule has 0 amide bonds. The van der Waals surface area contributed by atoms with Gasteiger partial charge >= 0.3 is 0 Å². The maximum Gasteiger partial charge on any atom is 0.298 e. The standard InChI is InChI=1S/C12H10N4O2/c13-10-7-4-8-11(16(17)18)12(10)15-14-9-5-2-1-3-6-9/h1-8H,13H2. The maximum atomic E-state index is 10.8. The molecule has 2 rings (SSSR count). The molecule has 0 aromatic heterocycles. The summed E-state index contributed by atoms with van der Waals surface area (Å²) in [7, 11) is 0. The highest BCUT2D eigenvalue weighted by Gasteiger charge is 2.15. The summed E-state index contributed by atoms with van der Waals surface area (Å²) in [5.74, 6) is 0. The van der Waals surface area contributed by atoms with E-state index in [1.807, 2.05) is 6.07 Å². The molecule has 0 aliphatic carbocycles. The molecule has 0 spiro atoms. The van der Waals surface area contributed by atoms with Gasteiger partial charge in [0.15, 0.2) is 5.69 Å². The molecule has 0 saturated carbocycles. The van der Waals surface area contributed by atoms with Crippen molar-refractivity contribution in [3.05, 3.63) is 58.6 Å². The second-order valence-electron chi connectivity index (χ2n) is 3.51. The number of nitrogens with zero attached hydrogens (tertiary/aromatic N) is 3. The van der Waals surface area contributed by atoms with Crippen LogP contribution in [0.5, 0.6) is 0 Å². The predicted octanol–water partition coefficient (Wildman–Crippen LogP) is 3.59. The fraction of sp³-hybridized carbons (Fsp3) is 0. The fourth-order valence-electron chi connectivity index (χ4n) is 1.41. The van der Waals surface area contributed by atoms with Crippen LogP contribution in [-0.4, -0.2) is 4.92 Å². The molecule has 0 atom stereocenters. The van der Waals surface area contributed by atoms with E-state index in [0.717, 1.165) is 0 Å². The minimum atomic E-state index is -0.532. The number of nitrogens with two attached hydrogens (primary N) is 1. The SMILES string of the molecule is Nc1cccc([N+](=O)[O-])c1N=Nc1ccccc1. The quantitative estimate of drug-likeness (QED) is 0.385. The van der Waals surface area contributed by atoms with Gasteiger partial charge in [-0.3, -0.25) is 10.1 Å². The van der Waals surface area contributed by atoms with Gasteiger partial charge in [-0.25, -0.2) is 0 Å². The molecule has 0 saturated heterocycles. The number of nitro groups is 1. The molecule has 0 aliphatic rings. The van der Waals surface area contributed by atoms with E-state index in [2.05, 4.69) is 10.2 Å². The van der Waals surface area contributed by atoms with Crippen LogP contribution >= 0.6 is 0 Å². The summed E-state index contributed by atoms with van der Waals surface area (Å²) in [5, 5.41) is 18.6. The summed E-state index contributed by atoms with van der Waals surface area (Å²) in [6.45, 7) is 0. The molecule has 2 aromatic carbocycles. The molecule has 2 N–H and O–H groups in total. The third kappa shape index (κ3) is 2.49. The number of rotatable bonds is 3. The molecule has 2 aromatic rings. The Labute approximate surface area is 103 Å². The molecular weight excluding hydrogens is 232 g/mol. The van der Waals surface area contributed by atoms with E-state index < -0.39 is 4.92 Å². The van der Waals surface area contributed by atoms with Gasteiger partial charge in [0, 0.05) is 6.07 Å². The zero-order valence-electron chi connectivity index (χ0n) is 9.35. The number of nitro benzene ring substituents is 1. The maximum absolute atomic E-state index is 10.8. The van der Waals surface area contributed by atoms with Crippen molar-refractivity contribution in [3.8, 4) is 0 Å². The van der Waals surface area contributed by atoms with Crippen LogP contribution in [0.1, 0.15) is 0 Å². The predicted molar refractivity (Wildman–Crippen MR) is 68.1 cm³/mol. The summed E-state index contributed by atoms with van der Waals surface area (Å²) in [5.41, 5.74) is 6.42. The molecule has 18 heavy (non-hydrogen) atoms. The van der Waals surface area contributed by atoms with Crippen LogP contribution in [0.4, 0.5) is 22.7 Å². The first-order chi connectivity index (χ1) is 8.68. The second kappa shape index (κ2) is 5.05. The Hall–Kier alpha value is -2.76. The smallest absolute Gasteiger partial charge is 0.298 e. The van der Waals surface area contributed by atoms with E-state index in [0.29, 0.717) is 5.69 Å². The zero-order valence-corrected chi connectivity index (χ0v) is 9.35. The van der Waals surface area contributed by atoms with Crippen molar-refractivity contribution in [2.24, 2.45) is 10.2 Å². The van der Waals surface area contributed by atoms with Gasteiger partial charge in [0.2, 0.25) is 0 Å². The first-order valence-electron chi connectivity index (χ1n) is 5.18. The van der Waals surface area contributed by atoms with Crippen molar-refractivity contribution in [3.63, 3.8) is 0 Å². The van der Waals surface area contributed by atoms with Crippen LogP contribution in [0.3, 0.4) is 0 Å². The molecule has 0 bridgehead atoms. The van der Waals surface area contributed by atoms with E-state index in [-0.39, 0.29) is 17.1 Å². The lowest BCUT2D eigenvalue weighted by Gasteiger charge is -1.99. The van der Waals surface area contributed by atoms with Gasteiger partial charge in [-0.05, 0) is 18.2 Å². The van der Waals surface area contributed by atoms with Gasteiger partial charge in [0.25, 0.3) is 5.69 Å². The van der Waals surface area contributed by atoms with E-state index in [1.165, 1.54) is 12.1 Å². The summed E-state index contributed by atoms with van der Waals surface area (Å²) in [6, 6.07) is 13.3. The van der Waals surface area contributed by atoms with Crippen molar-refractivity contribution in [1.29, 1.82) is 0 Å². The molecule has 6 nitrogen and oxygen atoms in total. The monoisotopic (exact) mass is 242 g/mol. The second-order valence-corrected chi connectivity index (χ2v) is 3.51. The highest BCUT2D eigenvalue weighted by Crippen LogP contribution is 2.34. The van der Waals surface area contributed by atoms with E-state index in [4.69, 9.17) is 5.73 Å². The highest BCUT2D eigenvalue weighted by molar-refractivity contribution is 5.73. The number of anilines is 1. The van der Waals surface area contributed by atoms with Crippen molar-refractivity contribution >= 4 is 22.7 Å². The van der Waals surface area contributed by atoms with Gasteiger partial charge in [-0.1, -0.05) is 24.3 Å². The van der Waals surface area contributed by atoms with Crippen LogP contribution in [0.15, 0.2) is 58.8 Å². The Morgan fingerprint density at radius 1 is 1.00 bits per heavy atom.